The fourth-order valence-corrected chi connectivity index (χ4v) is 3.92. The maximum Gasteiger partial charge on any atom is 0.341 e. The van der Waals surface area contributed by atoms with Gasteiger partial charge >= 0.3 is 5.97 Å². The molecule has 8 heteroatoms. The highest BCUT2D eigenvalue weighted by atomic mass is 32.1. The second-order valence-corrected chi connectivity index (χ2v) is 7.62. The van der Waals surface area contributed by atoms with Crippen LogP contribution in [-0.2, 0) is 9.53 Å². The maximum absolute atomic E-state index is 12.8. The fourth-order valence-electron chi connectivity index (χ4n) is 2.88. The van der Waals surface area contributed by atoms with Crippen LogP contribution < -0.4 is 5.32 Å². The molecule has 3 rings (SSSR count). The first-order valence-corrected chi connectivity index (χ1v) is 10.1. The van der Waals surface area contributed by atoms with Crippen LogP contribution in [0.1, 0.15) is 33.3 Å². The van der Waals surface area contributed by atoms with Gasteiger partial charge in [-0.05, 0) is 32.4 Å². The van der Waals surface area contributed by atoms with E-state index in [1.54, 1.807) is 20.0 Å². The molecule has 7 nitrogen and oxygen atoms in total. The quantitative estimate of drug-likeness (QED) is 0.347. The minimum absolute atomic E-state index is 0.105. The van der Waals surface area contributed by atoms with Crippen LogP contribution in [0.4, 0.5) is 5.00 Å². The fraction of sp³-hybridized carbons (Fsp3) is 0.182. The lowest BCUT2D eigenvalue weighted by Crippen LogP contribution is -2.16. The third-order valence-corrected chi connectivity index (χ3v) is 5.61. The van der Waals surface area contributed by atoms with Gasteiger partial charge in [0.05, 0.1) is 24.1 Å². The predicted octanol–water partition coefficient (Wildman–Crippen LogP) is 4.48. The summed E-state index contributed by atoms with van der Waals surface area (Å²) < 4.78 is 5.11. The Bertz CT molecular complexity index is 1150. The number of amides is 1. The Kier molecular flexibility index (Phi) is 6.45. The molecule has 3 aromatic rings. The lowest BCUT2D eigenvalue weighted by molar-refractivity contribution is -0.112. The number of esters is 1. The number of nitrogens with zero attached hydrogens (tertiary/aromatic N) is 2. The van der Waals surface area contributed by atoms with Gasteiger partial charge in [-0.3, -0.25) is 9.89 Å². The molecule has 1 amide bonds. The predicted molar refractivity (Wildman–Crippen MR) is 116 cm³/mol. The van der Waals surface area contributed by atoms with E-state index in [9.17, 15) is 14.9 Å². The molecular weight excluding hydrogens is 400 g/mol. The van der Waals surface area contributed by atoms with Crippen molar-refractivity contribution in [2.45, 2.75) is 20.8 Å². The number of thiophene rings is 1. The lowest BCUT2D eigenvalue weighted by Gasteiger charge is -2.07. The van der Waals surface area contributed by atoms with E-state index in [1.807, 2.05) is 43.3 Å². The number of aromatic nitrogens is 2. The molecule has 0 bridgehead atoms. The highest BCUT2D eigenvalue weighted by Crippen LogP contribution is 2.33. The Morgan fingerprint density at radius 2 is 2.03 bits per heavy atom. The zero-order valence-electron chi connectivity index (χ0n) is 16.8. The molecule has 2 aromatic heterocycles. The van der Waals surface area contributed by atoms with Gasteiger partial charge < -0.3 is 10.1 Å². The molecule has 0 unspecified atom stereocenters. The monoisotopic (exact) mass is 420 g/mol. The Morgan fingerprint density at radius 3 is 2.70 bits per heavy atom. The zero-order valence-corrected chi connectivity index (χ0v) is 17.6. The molecule has 0 aliphatic carbocycles. The van der Waals surface area contributed by atoms with Crippen molar-refractivity contribution in [1.29, 1.82) is 5.26 Å². The van der Waals surface area contributed by atoms with Gasteiger partial charge in [0.25, 0.3) is 5.91 Å². The highest BCUT2D eigenvalue weighted by molar-refractivity contribution is 7.16. The highest BCUT2D eigenvalue weighted by Gasteiger charge is 2.23. The zero-order chi connectivity index (χ0) is 21.7. The van der Waals surface area contributed by atoms with E-state index in [-0.39, 0.29) is 12.2 Å². The van der Waals surface area contributed by atoms with Crippen molar-refractivity contribution in [3.05, 3.63) is 63.7 Å². The van der Waals surface area contributed by atoms with Crippen LogP contribution in [0.3, 0.4) is 0 Å². The van der Waals surface area contributed by atoms with Gasteiger partial charge in [0.15, 0.2) is 0 Å². The normalized spacial score (nSPS) is 11.1. The van der Waals surface area contributed by atoms with Crippen molar-refractivity contribution in [2.24, 2.45) is 0 Å². The summed E-state index contributed by atoms with van der Waals surface area (Å²) in [6.07, 6.45) is 3.02. The molecule has 0 aliphatic heterocycles. The average molecular weight is 420 g/mol. The number of anilines is 1. The van der Waals surface area contributed by atoms with E-state index >= 15 is 0 Å². The minimum Gasteiger partial charge on any atom is -0.462 e. The summed E-state index contributed by atoms with van der Waals surface area (Å²) in [5, 5.41) is 19.5. The molecule has 2 N–H and O–H groups in total. The number of rotatable bonds is 6. The van der Waals surface area contributed by atoms with E-state index in [4.69, 9.17) is 4.74 Å². The van der Waals surface area contributed by atoms with E-state index < -0.39 is 11.9 Å². The van der Waals surface area contributed by atoms with E-state index in [0.29, 0.717) is 21.8 Å². The molecule has 0 saturated heterocycles. The number of hydrogen-bond acceptors (Lipinski definition) is 6. The van der Waals surface area contributed by atoms with Crippen molar-refractivity contribution in [3.63, 3.8) is 0 Å². The van der Waals surface area contributed by atoms with Crippen LogP contribution in [0.2, 0.25) is 0 Å². The maximum atomic E-state index is 12.8. The van der Waals surface area contributed by atoms with Crippen molar-refractivity contribution < 1.29 is 14.3 Å². The van der Waals surface area contributed by atoms with Gasteiger partial charge in [-0.2, -0.15) is 10.4 Å². The smallest absolute Gasteiger partial charge is 0.341 e. The molecule has 0 radical (unpaired) electrons. The number of hydrogen-bond donors (Lipinski definition) is 2. The summed E-state index contributed by atoms with van der Waals surface area (Å²) in [5.41, 5.74) is 3.15. The summed E-state index contributed by atoms with van der Waals surface area (Å²) in [7, 11) is 0. The van der Waals surface area contributed by atoms with Gasteiger partial charge in [0, 0.05) is 16.0 Å². The Morgan fingerprint density at radius 1 is 1.30 bits per heavy atom. The molecule has 1 aromatic carbocycles. The number of nitriles is 1. The summed E-state index contributed by atoms with van der Waals surface area (Å²) in [6.45, 7) is 5.60. The van der Waals surface area contributed by atoms with Gasteiger partial charge in [-0.25, -0.2) is 4.79 Å². The number of nitrogens with one attached hydrogen (secondary N) is 2. The standard InChI is InChI=1S/C22H20N4O3S/c1-4-29-22(28)18-13(2)14(3)30-21(18)25-20(27)16(11-23)10-17-12-24-26-19(17)15-8-6-5-7-9-15/h5-10,12H,4H2,1-3H3,(H,24,26)(H,25,27). The van der Waals surface area contributed by atoms with E-state index in [1.165, 1.54) is 17.4 Å². The first-order valence-electron chi connectivity index (χ1n) is 9.25. The number of carbonyl (C=O) groups excluding carboxylic acids is 2. The van der Waals surface area contributed by atoms with Crippen LogP contribution in [0.25, 0.3) is 17.3 Å². The Labute approximate surface area is 178 Å². The topological polar surface area (TPSA) is 108 Å². The number of benzene rings is 1. The van der Waals surface area contributed by atoms with Crippen molar-refractivity contribution >= 4 is 34.3 Å². The largest absolute Gasteiger partial charge is 0.462 e. The molecule has 0 fully saturated rings. The van der Waals surface area contributed by atoms with Crippen molar-refractivity contribution in [1.82, 2.24) is 10.2 Å². The number of aromatic amines is 1. The first-order chi connectivity index (χ1) is 14.5. The van der Waals surface area contributed by atoms with Crippen molar-refractivity contribution in [3.8, 4) is 17.3 Å². The summed E-state index contributed by atoms with van der Waals surface area (Å²) in [5.74, 6) is -1.11. The lowest BCUT2D eigenvalue weighted by atomic mass is 10.1. The molecule has 0 aliphatic rings. The molecule has 0 spiro atoms. The summed E-state index contributed by atoms with van der Waals surface area (Å²) >= 11 is 1.27. The number of aryl methyl sites for hydroxylation is 1. The van der Waals surface area contributed by atoms with Gasteiger partial charge in [0.1, 0.15) is 16.6 Å². The first kappa shape index (κ1) is 21.0. The van der Waals surface area contributed by atoms with Gasteiger partial charge in [-0.1, -0.05) is 30.3 Å². The second-order valence-electron chi connectivity index (χ2n) is 6.40. The molecular formula is C22H20N4O3S. The van der Waals surface area contributed by atoms with Crippen LogP contribution in [0.5, 0.6) is 0 Å². The van der Waals surface area contributed by atoms with E-state index in [0.717, 1.165) is 16.0 Å². The molecule has 152 valence electrons. The van der Waals surface area contributed by atoms with Gasteiger partial charge in [-0.15, -0.1) is 11.3 Å². The molecule has 30 heavy (non-hydrogen) atoms. The van der Waals surface area contributed by atoms with Crippen LogP contribution in [0.15, 0.2) is 42.1 Å². The summed E-state index contributed by atoms with van der Waals surface area (Å²) in [6, 6.07) is 11.4. The molecule has 0 atom stereocenters. The summed E-state index contributed by atoms with van der Waals surface area (Å²) in [4.78, 5) is 26.0. The van der Waals surface area contributed by atoms with Crippen LogP contribution >= 0.6 is 11.3 Å². The SMILES string of the molecule is CCOC(=O)c1c(NC(=O)C(C#N)=Cc2cn[nH]c2-c2ccccc2)sc(C)c1C. The Hall–Kier alpha value is -3.70. The number of ether oxygens (including phenoxy) is 1. The average Bonchev–Trinajstić information content (AvgIpc) is 3.31. The third-order valence-electron chi connectivity index (χ3n) is 4.49. The van der Waals surface area contributed by atoms with Gasteiger partial charge in [0.2, 0.25) is 0 Å². The number of H-pyrrole nitrogens is 1. The van der Waals surface area contributed by atoms with Crippen molar-refractivity contribution in [2.75, 3.05) is 11.9 Å². The van der Waals surface area contributed by atoms with E-state index in [2.05, 4.69) is 15.5 Å². The Balaban J connectivity index is 1.91. The number of carbonyl (C=O) groups is 2. The van der Waals surface area contributed by atoms with Crippen LogP contribution in [0, 0.1) is 25.2 Å². The van der Waals surface area contributed by atoms with Crippen LogP contribution in [-0.4, -0.2) is 28.7 Å². The third kappa shape index (κ3) is 4.31. The molecule has 0 saturated carbocycles. The molecule has 2 heterocycles. The minimum atomic E-state index is -0.607. The second kappa shape index (κ2) is 9.20.